The molecule has 0 saturated heterocycles. The van der Waals surface area contributed by atoms with Crippen LogP contribution in [0.1, 0.15) is 12.7 Å². The van der Waals surface area contributed by atoms with E-state index in [9.17, 15) is 4.79 Å². The molecule has 0 fully saturated rings. The van der Waals surface area contributed by atoms with Gasteiger partial charge in [-0.3, -0.25) is 0 Å². The third-order valence-electron chi connectivity index (χ3n) is 3.10. The van der Waals surface area contributed by atoms with E-state index in [1.165, 1.54) is 0 Å². The van der Waals surface area contributed by atoms with Crippen molar-refractivity contribution in [3.8, 4) is 11.5 Å². The first kappa shape index (κ1) is 13.4. The van der Waals surface area contributed by atoms with Gasteiger partial charge in [-0.1, -0.05) is 0 Å². The molecule has 110 valence electrons. The lowest BCUT2D eigenvalue weighted by molar-refractivity contribution is 0.174. The normalized spacial score (nSPS) is 13.8. The number of anilines is 1. The highest BCUT2D eigenvalue weighted by Gasteiger charge is 2.15. The van der Waals surface area contributed by atoms with Crippen molar-refractivity contribution in [2.24, 2.45) is 0 Å². The molecule has 0 spiro atoms. The highest BCUT2D eigenvalue weighted by molar-refractivity contribution is 5.89. The summed E-state index contributed by atoms with van der Waals surface area (Å²) in [5.41, 5.74) is 0.655. The van der Waals surface area contributed by atoms with E-state index in [1.807, 2.05) is 19.1 Å². The van der Waals surface area contributed by atoms with Crippen molar-refractivity contribution in [1.82, 2.24) is 5.32 Å². The molecule has 2 amide bonds. The molecule has 6 heteroatoms. The van der Waals surface area contributed by atoms with Gasteiger partial charge in [0.25, 0.3) is 0 Å². The molecule has 0 aliphatic carbocycles. The Morgan fingerprint density at radius 3 is 2.95 bits per heavy atom. The summed E-state index contributed by atoms with van der Waals surface area (Å²) in [4.78, 5) is 11.9. The zero-order chi connectivity index (χ0) is 14.7. The largest absolute Gasteiger partial charge is 0.469 e. The average Bonchev–Trinajstić information content (AvgIpc) is 3.08. The van der Waals surface area contributed by atoms with E-state index >= 15 is 0 Å². The number of rotatable bonds is 4. The molecule has 1 aliphatic rings. The van der Waals surface area contributed by atoms with Gasteiger partial charge in [0.15, 0.2) is 11.5 Å². The number of nitrogens with one attached hydrogen (secondary N) is 2. The number of amides is 2. The van der Waals surface area contributed by atoms with Crippen LogP contribution >= 0.6 is 0 Å². The highest BCUT2D eigenvalue weighted by atomic mass is 16.7. The number of hydrogen-bond donors (Lipinski definition) is 2. The first-order valence-corrected chi connectivity index (χ1v) is 6.70. The Bertz CT molecular complexity index is 625. The first-order valence-electron chi connectivity index (χ1n) is 6.70. The van der Waals surface area contributed by atoms with Crippen molar-refractivity contribution in [1.29, 1.82) is 0 Å². The second kappa shape index (κ2) is 5.78. The molecule has 2 heterocycles. The fourth-order valence-corrected chi connectivity index (χ4v) is 2.15. The summed E-state index contributed by atoms with van der Waals surface area (Å²) in [6, 6.07) is 8.68. The lowest BCUT2D eigenvalue weighted by atomic mass is 10.2. The van der Waals surface area contributed by atoms with Crippen molar-refractivity contribution in [3.63, 3.8) is 0 Å². The lowest BCUT2D eigenvalue weighted by Crippen LogP contribution is -2.37. The minimum absolute atomic E-state index is 0.0369. The van der Waals surface area contributed by atoms with Crippen molar-refractivity contribution in [3.05, 3.63) is 42.4 Å². The van der Waals surface area contributed by atoms with Gasteiger partial charge >= 0.3 is 6.03 Å². The number of hydrogen-bond acceptors (Lipinski definition) is 4. The van der Waals surface area contributed by atoms with E-state index in [1.54, 1.807) is 24.5 Å². The van der Waals surface area contributed by atoms with E-state index in [-0.39, 0.29) is 18.9 Å². The van der Waals surface area contributed by atoms with Crippen LogP contribution < -0.4 is 20.1 Å². The van der Waals surface area contributed by atoms with Crippen molar-refractivity contribution in [2.45, 2.75) is 19.4 Å². The maximum absolute atomic E-state index is 11.9. The smallest absolute Gasteiger partial charge is 0.319 e. The standard InChI is InChI=1S/C15H16N2O4/c1-10(7-12-3-2-6-19-12)16-15(18)17-11-4-5-13-14(8-11)21-9-20-13/h2-6,8,10H,7,9H2,1H3,(H2,16,17,18). The Morgan fingerprint density at radius 2 is 2.14 bits per heavy atom. The van der Waals surface area contributed by atoms with Gasteiger partial charge in [0.2, 0.25) is 6.79 Å². The number of benzene rings is 1. The zero-order valence-corrected chi connectivity index (χ0v) is 11.6. The number of carbonyl (C=O) groups excluding carboxylic acids is 1. The van der Waals surface area contributed by atoms with Gasteiger partial charge in [-0.15, -0.1) is 0 Å². The van der Waals surface area contributed by atoms with E-state index in [0.717, 1.165) is 5.76 Å². The van der Waals surface area contributed by atoms with Crippen molar-refractivity contribution >= 4 is 11.7 Å². The van der Waals surface area contributed by atoms with Crippen LogP contribution in [0, 0.1) is 0 Å². The van der Waals surface area contributed by atoms with Crippen molar-refractivity contribution in [2.75, 3.05) is 12.1 Å². The fourth-order valence-electron chi connectivity index (χ4n) is 2.15. The monoisotopic (exact) mass is 288 g/mol. The average molecular weight is 288 g/mol. The maximum atomic E-state index is 11.9. The van der Waals surface area contributed by atoms with Crippen LogP contribution in [0.4, 0.5) is 10.5 Å². The molecule has 1 aromatic carbocycles. The highest BCUT2D eigenvalue weighted by Crippen LogP contribution is 2.34. The van der Waals surface area contributed by atoms with E-state index in [0.29, 0.717) is 23.6 Å². The van der Waals surface area contributed by atoms with Crippen molar-refractivity contribution < 1.29 is 18.7 Å². The summed E-state index contributed by atoms with van der Waals surface area (Å²) in [7, 11) is 0. The molecule has 0 bridgehead atoms. The van der Waals surface area contributed by atoms with Crippen LogP contribution in [0.15, 0.2) is 41.0 Å². The Balaban J connectivity index is 1.54. The SMILES string of the molecule is CC(Cc1ccco1)NC(=O)Nc1ccc2c(c1)OCO2. The molecule has 1 aromatic heterocycles. The summed E-state index contributed by atoms with van der Waals surface area (Å²) in [6.45, 7) is 2.13. The molecular formula is C15H16N2O4. The third kappa shape index (κ3) is 3.28. The van der Waals surface area contributed by atoms with Crippen LogP contribution in [0.2, 0.25) is 0 Å². The molecule has 1 unspecified atom stereocenters. The predicted octanol–water partition coefficient (Wildman–Crippen LogP) is 2.76. The molecule has 2 aromatic rings. The molecule has 1 aliphatic heterocycles. The van der Waals surface area contributed by atoms with Crippen LogP contribution in [0.3, 0.4) is 0 Å². The van der Waals surface area contributed by atoms with E-state index < -0.39 is 0 Å². The molecular weight excluding hydrogens is 272 g/mol. The number of urea groups is 1. The van der Waals surface area contributed by atoms with Gasteiger partial charge in [-0.25, -0.2) is 4.79 Å². The summed E-state index contributed by atoms with van der Waals surface area (Å²) in [5, 5.41) is 5.62. The number of fused-ring (bicyclic) bond motifs is 1. The number of furan rings is 1. The lowest BCUT2D eigenvalue weighted by Gasteiger charge is -2.13. The molecule has 1 atom stereocenters. The molecule has 0 radical (unpaired) electrons. The van der Waals surface area contributed by atoms with Gasteiger partial charge < -0.3 is 24.5 Å². The summed E-state index contributed by atoms with van der Waals surface area (Å²) >= 11 is 0. The predicted molar refractivity (Wildman–Crippen MR) is 76.6 cm³/mol. The minimum atomic E-state index is -0.270. The van der Waals surface area contributed by atoms with Gasteiger partial charge in [0, 0.05) is 24.2 Å². The minimum Gasteiger partial charge on any atom is -0.469 e. The Hall–Kier alpha value is -2.63. The zero-order valence-electron chi connectivity index (χ0n) is 11.6. The number of ether oxygens (including phenoxy) is 2. The Kier molecular flexibility index (Phi) is 3.68. The molecule has 3 rings (SSSR count). The van der Waals surface area contributed by atoms with Crippen LogP contribution in [-0.4, -0.2) is 18.9 Å². The molecule has 21 heavy (non-hydrogen) atoms. The fraction of sp³-hybridized carbons (Fsp3) is 0.267. The van der Waals surface area contributed by atoms with Gasteiger partial charge in [0.05, 0.1) is 6.26 Å². The topological polar surface area (TPSA) is 72.7 Å². The second-order valence-corrected chi connectivity index (χ2v) is 4.85. The summed E-state index contributed by atoms with van der Waals surface area (Å²) in [5.74, 6) is 2.16. The third-order valence-corrected chi connectivity index (χ3v) is 3.10. The first-order chi connectivity index (χ1) is 10.2. The summed E-state index contributed by atoms with van der Waals surface area (Å²) in [6.07, 6.45) is 2.26. The van der Waals surface area contributed by atoms with E-state index in [2.05, 4.69) is 10.6 Å². The van der Waals surface area contributed by atoms with Crippen LogP contribution in [-0.2, 0) is 6.42 Å². The number of carbonyl (C=O) groups is 1. The van der Waals surface area contributed by atoms with Crippen LogP contribution in [0.25, 0.3) is 0 Å². The second-order valence-electron chi connectivity index (χ2n) is 4.85. The van der Waals surface area contributed by atoms with Gasteiger partial charge in [0.1, 0.15) is 5.76 Å². The molecule has 0 saturated carbocycles. The van der Waals surface area contributed by atoms with E-state index in [4.69, 9.17) is 13.9 Å². The summed E-state index contributed by atoms with van der Waals surface area (Å²) < 4.78 is 15.7. The van der Waals surface area contributed by atoms with Gasteiger partial charge in [-0.2, -0.15) is 0 Å². The Labute approximate surface area is 122 Å². The van der Waals surface area contributed by atoms with Crippen LogP contribution in [0.5, 0.6) is 11.5 Å². The quantitative estimate of drug-likeness (QED) is 0.907. The molecule has 6 nitrogen and oxygen atoms in total. The maximum Gasteiger partial charge on any atom is 0.319 e. The molecule has 2 N–H and O–H groups in total. The Morgan fingerprint density at radius 1 is 1.29 bits per heavy atom. The van der Waals surface area contributed by atoms with Gasteiger partial charge in [-0.05, 0) is 31.2 Å².